The van der Waals surface area contributed by atoms with Gasteiger partial charge < -0.3 is 20.7 Å². The Hall–Kier alpha value is -1.90. The first kappa shape index (κ1) is 15.2. The van der Waals surface area contributed by atoms with E-state index in [1.165, 1.54) is 7.11 Å². The van der Waals surface area contributed by atoms with Crippen molar-refractivity contribution in [2.75, 3.05) is 7.11 Å². The zero-order valence-electron chi connectivity index (χ0n) is 9.74. The van der Waals surface area contributed by atoms with Crippen molar-refractivity contribution >= 4 is 23.2 Å². The Kier molecular flexibility index (Phi) is 4.65. The number of methoxy groups -OCH3 is 1. The number of carbonyl (C=O) groups excluding carboxylic acids is 1. The van der Waals surface area contributed by atoms with Gasteiger partial charge in [0.2, 0.25) is 5.91 Å². The molecule has 0 aromatic heterocycles. The number of ether oxygens (including phenoxy) is 1. The fraction of sp³-hybridized carbons (Fsp3) is 0.300. The summed E-state index contributed by atoms with van der Waals surface area (Å²) in [5, 5.41) is 29.8. The topological polar surface area (TPSA) is 136 Å². The number of primary amides is 1. The van der Waals surface area contributed by atoms with Crippen LogP contribution in [0, 0.1) is 10.1 Å². The van der Waals surface area contributed by atoms with Crippen LogP contribution in [0.1, 0.15) is 11.7 Å². The molecule has 0 spiro atoms. The Labute approximate surface area is 112 Å². The van der Waals surface area contributed by atoms with Crippen LogP contribution in [0.5, 0.6) is 5.75 Å². The van der Waals surface area contributed by atoms with E-state index in [4.69, 9.17) is 22.1 Å². The number of amides is 1. The molecular formula is C10H11ClN2O6. The van der Waals surface area contributed by atoms with Gasteiger partial charge >= 0.3 is 5.69 Å². The molecule has 0 bridgehead atoms. The Morgan fingerprint density at radius 2 is 2.11 bits per heavy atom. The second kappa shape index (κ2) is 5.83. The quantitative estimate of drug-likeness (QED) is 0.521. The molecule has 0 aliphatic rings. The van der Waals surface area contributed by atoms with E-state index in [1.807, 2.05) is 0 Å². The highest BCUT2D eigenvalue weighted by Crippen LogP contribution is 2.36. The Bertz CT molecular complexity index is 521. The standard InChI is InChI=1S/C10H11ClN2O6/c1-19-7-3-5(11)4(2-6(7)13(17)18)8(14)9(15)10(12)16/h2-3,8-9,14-15H,1H3,(H2,12,16). The number of benzene rings is 1. The second-order valence-corrected chi connectivity index (χ2v) is 4.00. The van der Waals surface area contributed by atoms with Crippen LogP contribution in [0.25, 0.3) is 0 Å². The van der Waals surface area contributed by atoms with Crippen molar-refractivity contribution in [3.63, 3.8) is 0 Å². The first-order chi connectivity index (χ1) is 8.79. The van der Waals surface area contributed by atoms with Gasteiger partial charge in [0, 0.05) is 17.7 Å². The summed E-state index contributed by atoms with van der Waals surface area (Å²) in [6, 6.07) is 2.02. The molecule has 2 unspecified atom stereocenters. The summed E-state index contributed by atoms with van der Waals surface area (Å²) < 4.78 is 4.77. The molecule has 1 amide bonds. The lowest BCUT2D eigenvalue weighted by Gasteiger charge is -2.17. The van der Waals surface area contributed by atoms with Crippen molar-refractivity contribution in [3.8, 4) is 5.75 Å². The lowest BCUT2D eigenvalue weighted by molar-refractivity contribution is -0.385. The predicted octanol–water partition coefficient (Wildman–Crippen LogP) is 0.136. The highest BCUT2D eigenvalue weighted by atomic mass is 35.5. The first-order valence-corrected chi connectivity index (χ1v) is 5.34. The van der Waals surface area contributed by atoms with Gasteiger partial charge in [0.15, 0.2) is 11.9 Å². The molecule has 19 heavy (non-hydrogen) atoms. The van der Waals surface area contributed by atoms with Crippen LogP contribution in [0.2, 0.25) is 5.02 Å². The zero-order valence-corrected chi connectivity index (χ0v) is 10.5. The van der Waals surface area contributed by atoms with Crippen LogP contribution in [0.3, 0.4) is 0 Å². The number of nitrogens with two attached hydrogens (primary N) is 1. The summed E-state index contributed by atoms with van der Waals surface area (Å²) in [6.45, 7) is 0. The number of hydrogen-bond acceptors (Lipinski definition) is 6. The fourth-order valence-electron chi connectivity index (χ4n) is 1.42. The molecule has 1 rings (SSSR count). The van der Waals surface area contributed by atoms with E-state index in [1.54, 1.807) is 0 Å². The van der Waals surface area contributed by atoms with Gasteiger partial charge in [-0.05, 0) is 0 Å². The molecule has 4 N–H and O–H groups in total. The lowest BCUT2D eigenvalue weighted by Crippen LogP contribution is -2.34. The van der Waals surface area contributed by atoms with Gasteiger partial charge in [0.05, 0.1) is 17.1 Å². The summed E-state index contributed by atoms with van der Waals surface area (Å²) in [5.74, 6) is -1.29. The number of rotatable bonds is 5. The molecule has 1 aromatic carbocycles. The number of aliphatic hydroxyl groups is 2. The molecule has 1 aromatic rings. The van der Waals surface area contributed by atoms with Crippen molar-refractivity contribution in [3.05, 3.63) is 32.8 Å². The van der Waals surface area contributed by atoms with Gasteiger partial charge in [-0.3, -0.25) is 14.9 Å². The first-order valence-electron chi connectivity index (χ1n) is 4.96. The van der Waals surface area contributed by atoms with Gasteiger partial charge in [-0.25, -0.2) is 0 Å². The summed E-state index contributed by atoms with van der Waals surface area (Å²) in [6.07, 6.45) is -3.69. The highest BCUT2D eigenvalue weighted by molar-refractivity contribution is 6.31. The largest absolute Gasteiger partial charge is 0.490 e. The van der Waals surface area contributed by atoms with Gasteiger partial charge in [0.1, 0.15) is 6.10 Å². The van der Waals surface area contributed by atoms with Crippen LogP contribution in [0.15, 0.2) is 12.1 Å². The molecule has 104 valence electrons. The maximum absolute atomic E-state index is 10.8. The maximum atomic E-state index is 10.8. The van der Waals surface area contributed by atoms with E-state index in [2.05, 4.69) is 0 Å². The molecule has 2 atom stereocenters. The van der Waals surface area contributed by atoms with E-state index in [0.717, 1.165) is 12.1 Å². The molecule has 8 nitrogen and oxygen atoms in total. The Balaban J connectivity index is 3.32. The molecule has 0 saturated carbocycles. The molecular weight excluding hydrogens is 280 g/mol. The summed E-state index contributed by atoms with van der Waals surface area (Å²) in [5.41, 5.74) is 4.17. The van der Waals surface area contributed by atoms with E-state index in [0.29, 0.717) is 0 Å². The minimum atomic E-state index is -1.93. The monoisotopic (exact) mass is 290 g/mol. The van der Waals surface area contributed by atoms with Crippen LogP contribution < -0.4 is 10.5 Å². The van der Waals surface area contributed by atoms with Crippen molar-refractivity contribution in [2.24, 2.45) is 5.73 Å². The molecule has 0 aliphatic heterocycles. The van der Waals surface area contributed by atoms with Gasteiger partial charge in [-0.15, -0.1) is 0 Å². The smallest absolute Gasteiger partial charge is 0.311 e. The van der Waals surface area contributed by atoms with Crippen molar-refractivity contribution in [2.45, 2.75) is 12.2 Å². The molecule has 0 radical (unpaired) electrons. The van der Waals surface area contributed by atoms with E-state index < -0.39 is 28.7 Å². The minimum absolute atomic E-state index is 0.102. The molecule has 0 fully saturated rings. The number of nitrogens with zero attached hydrogens (tertiary/aromatic N) is 1. The van der Waals surface area contributed by atoms with Crippen molar-refractivity contribution in [1.82, 2.24) is 0 Å². The SMILES string of the molecule is COc1cc(Cl)c(C(O)C(O)C(N)=O)cc1[N+](=O)[O-]. The zero-order chi connectivity index (χ0) is 14.7. The number of halogens is 1. The Morgan fingerprint density at radius 1 is 1.53 bits per heavy atom. The van der Waals surface area contributed by atoms with E-state index >= 15 is 0 Å². The number of carbonyl (C=O) groups is 1. The average molecular weight is 291 g/mol. The minimum Gasteiger partial charge on any atom is -0.490 e. The normalized spacial score (nSPS) is 13.7. The Morgan fingerprint density at radius 3 is 2.53 bits per heavy atom. The number of aliphatic hydroxyl groups excluding tert-OH is 2. The third-order valence-electron chi connectivity index (χ3n) is 2.40. The third-order valence-corrected chi connectivity index (χ3v) is 2.73. The molecule has 0 heterocycles. The molecule has 0 aliphatic carbocycles. The summed E-state index contributed by atoms with van der Waals surface area (Å²) in [7, 11) is 1.22. The lowest BCUT2D eigenvalue weighted by atomic mass is 10.0. The highest BCUT2D eigenvalue weighted by Gasteiger charge is 2.28. The van der Waals surface area contributed by atoms with Crippen LogP contribution in [0.4, 0.5) is 5.69 Å². The van der Waals surface area contributed by atoms with Crippen LogP contribution in [-0.2, 0) is 4.79 Å². The summed E-state index contributed by atoms with van der Waals surface area (Å²) >= 11 is 5.80. The van der Waals surface area contributed by atoms with Crippen LogP contribution in [-0.4, -0.2) is 34.3 Å². The van der Waals surface area contributed by atoms with E-state index in [-0.39, 0.29) is 16.3 Å². The average Bonchev–Trinajstić information content (AvgIpc) is 2.35. The predicted molar refractivity (Wildman–Crippen MR) is 64.8 cm³/mol. The third kappa shape index (κ3) is 3.11. The van der Waals surface area contributed by atoms with Crippen molar-refractivity contribution < 1.29 is 24.7 Å². The van der Waals surface area contributed by atoms with Gasteiger partial charge in [-0.1, -0.05) is 11.6 Å². The molecule has 0 saturated heterocycles. The van der Waals surface area contributed by atoms with E-state index in [9.17, 15) is 25.1 Å². The second-order valence-electron chi connectivity index (χ2n) is 3.59. The van der Waals surface area contributed by atoms with Gasteiger partial charge in [0.25, 0.3) is 0 Å². The van der Waals surface area contributed by atoms with Crippen LogP contribution >= 0.6 is 11.6 Å². The van der Waals surface area contributed by atoms with Gasteiger partial charge in [-0.2, -0.15) is 0 Å². The fourth-order valence-corrected chi connectivity index (χ4v) is 1.68. The maximum Gasteiger partial charge on any atom is 0.311 e. The van der Waals surface area contributed by atoms with Crippen molar-refractivity contribution in [1.29, 1.82) is 0 Å². The number of nitro benzene ring substituents is 1. The number of hydrogen-bond donors (Lipinski definition) is 3. The number of nitro groups is 1. The molecule has 9 heteroatoms. The summed E-state index contributed by atoms with van der Waals surface area (Å²) in [4.78, 5) is 20.8.